The van der Waals surface area contributed by atoms with Crippen LogP contribution in [0.2, 0.25) is 0 Å². The van der Waals surface area contributed by atoms with Gasteiger partial charge in [-0.1, -0.05) is 43.7 Å². The molecule has 0 spiro atoms. The first-order valence-corrected chi connectivity index (χ1v) is 7.65. The van der Waals surface area contributed by atoms with Gasteiger partial charge in [0.15, 0.2) is 5.78 Å². The van der Waals surface area contributed by atoms with Crippen molar-refractivity contribution in [1.82, 2.24) is 0 Å². The minimum atomic E-state index is -0.601. The number of aromatic hydroxyl groups is 1. The Hall–Kier alpha value is -2.62. The van der Waals surface area contributed by atoms with E-state index in [9.17, 15) is 14.7 Å². The van der Waals surface area contributed by atoms with E-state index in [4.69, 9.17) is 4.74 Å². The van der Waals surface area contributed by atoms with E-state index < -0.39 is 5.97 Å². The van der Waals surface area contributed by atoms with E-state index in [1.54, 1.807) is 31.2 Å². The molecule has 0 aliphatic rings. The van der Waals surface area contributed by atoms with Gasteiger partial charge >= 0.3 is 5.97 Å². The number of esters is 1. The van der Waals surface area contributed by atoms with Crippen molar-refractivity contribution in [3.05, 3.63) is 64.7 Å². The number of hydrogen-bond acceptors (Lipinski definition) is 4. The summed E-state index contributed by atoms with van der Waals surface area (Å²) in [4.78, 5) is 24.8. The minimum Gasteiger partial charge on any atom is -0.507 e. The Morgan fingerprint density at radius 2 is 1.78 bits per heavy atom. The zero-order chi connectivity index (χ0) is 16.8. The maximum atomic E-state index is 12.6. The molecule has 0 fully saturated rings. The molecule has 0 aromatic heterocycles. The molecule has 2 aromatic rings. The predicted molar refractivity (Wildman–Crippen MR) is 87.9 cm³/mol. The van der Waals surface area contributed by atoms with Crippen LogP contribution >= 0.6 is 0 Å². The van der Waals surface area contributed by atoms with Gasteiger partial charge in [0.2, 0.25) is 0 Å². The van der Waals surface area contributed by atoms with Crippen molar-refractivity contribution in [2.24, 2.45) is 0 Å². The lowest BCUT2D eigenvalue weighted by Crippen LogP contribution is -2.12. The van der Waals surface area contributed by atoms with Gasteiger partial charge in [-0.25, -0.2) is 4.79 Å². The van der Waals surface area contributed by atoms with Gasteiger partial charge in [0.05, 0.1) is 6.61 Å². The predicted octanol–water partition coefficient (Wildman–Crippen LogP) is 3.89. The Morgan fingerprint density at radius 3 is 2.43 bits per heavy atom. The first kappa shape index (κ1) is 16.7. The molecule has 0 saturated carbocycles. The van der Waals surface area contributed by atoms with Crippen molar-refractivity contribution in [2.75, 3.05) is 6.61 Å². The molecule has 0 bridgehead atoms. The summed E-state index contributed by atoms with van der Waals surface area (Å²) in [5.41, 5.74) is 1.41. The molecule has 1 N–H and O–H groups in total. The molecule has 0 saturated heterocycles. The number of phenols is 1. The number of hydrogen-bond donors (Lipinski definition) is 1. The number of rotatable bonds is 6. The Kier molecular flexibility index (Phi) is 5.52. The average Bonchev–Trinajstić information content (AvgIpc) is 2.55. The molecule has 0 aliphatic carbocycles. The van der Waals surface area contributed by atoms with Gasteiger partial charge in [-0.2, -0.15) is 0 Å². The van der Waals surface area contributed by atoms with E-state index in [0.29, 0.717) is 23.3 Å². The van der Waals surface area contributed by atoms with E-state index in [1.165, 1.54) is 12.1 Å². The summed E-state index contributed by atoms with van der Waals surface area (Å²) in [6.45, 7) is 3.94. The first-order chi connectivity index (χ1) is 11.1. The smallest absolute Gasteiger partial charge is 0.342 e. The highest BCUT2D eigenvalue weighted by atomic mass is 16.5. The Morgan fingerprint density at radius 1 is 1.09 bits per heavy atom. The number of carbonyl (C=O) groups is 2. The molecule has 0 aliphatic heterocycles. The highest BCUT2D eigenvalue weighted by molar-refractivity contribution is 6.11. The van der Waals surface area contributed by atoms with Gasteiger partial charge in [-0.3, -0.25) is 4.79 Å². The fraction of sp³-hybridized carbons (Fsp3) is 0.263. The van der Waals surface area contributed by atoms with Crippen LogP contribution < -0.4 is 0 Å². The third-order valence-corrected chi connectivity index (χ3v) is 3.66. The normalized spacial score (nSPS) is 10.3. The molecule has 23 heavy (non-hydrogen) atoms. The molecule has 0 atom stereocenters. The van der Waals surface area contributed by atoms with Crippen LogP contribution in [-0.2, 0) is 4.74 Å². The van der Waals surface area contributed by atoms with Crippen molar-refractivity contribution in [3.8, 4) is 5.75 Å². The van der Waals surface area contributed by atoms with Crippen LogP contribution in [0.3, 0.4) is 0 Å². The summed E-state index contributed by atoms with van der Waals surface area (Å²) in [6.07, 6.45) is 1.67. The third-order valence-electron chi connectivity index (χ3n) is 3.66. The first-order valence-electron chi connectivity index (χ1n) is 7.65. The minimum absolute atomic E-state index is 0.0582. The van der Waals surface area contributed by atoms with Crippen LogP contribution in [-0.4, -0.2) is 23.5 Å². The number of phenolic OH excluding ortho intramolecular Hbond substituents is 1. The van der Waals surface area contributed by atoms with Gasteiger partial charge in [0.25, 0.3) is 0 Å². The number of ketones is 1. The average molecular weight is 312 g/mol. The molecular formula is C19H20O4. The summed E-state index contributed by atoms with van der Waals surface area (Å²) in [5, 5.41) is 9.98. The molecule has 0 radical (unpaired) electrons. The molecule has 4 nitrogen and oxygen atoms in total. The Balaban J connectivity index is 2.35. The van der Waals surface area contributed by atoms with Gasteiger partial charge in [0.1, 0.15) is 11.3 Å². The number of unbranched alkanes of at least 4 members (excludes halogenated alkanes) is 1. The molecule has 0 unspecified atom stereocenters. The van der Waals surface area contributed by atoms with Gasteiger partial charge in [-0.05, 0) is 31.0 Å². The number of ether oxygens (including phenoxy) is 1. The zero-order valence-corrected chi connectivity index (χ0v) is 13.3. The van der Waals surface area contributed by atoms with Crippen LogP contribution in [0.5, 0.6) is 5.75 Å². The lowest BCUT2D eigenvalue weighted by molar-refractivity contribution is 0.0495. The van der Waals surface area contributed by atoms with Crippen LogP contribution in [0.25, 0.3) is 0 Å². The molecule has 0 heterocycles. The standard InChI is InChI=1S/C19H20O4/c1-3-4-12-23-19(22)17-13(2)15(10-11-16(17)20)18(21)14-8-6-5-7-9-14/h5-11,20H,3-4,12H2,1-2H3. The number of benzene rings is 2. The second-order valence-corrected chi connectivity index (χ2v) is 5.32. The monoisotopic (exact) mass is 312 g/mol. The van der Waals surface area contributed by atoms with Crippen molar-refractivity contribution >= 4 is 11.8 Å². The van der Waals surface area contributed by atoms with E-state index in [-0.39, 0.29) is 17.1 Å². The second-order valence-electron chi connectivity index (χ2n) is 5.32. The third kappa shape index (κ3) is 3.77. The van der Waals surface area contributed by atoms with Crippen molar-refractivity contribution in [2.45, 2.75) is 26.7 Å². The molecule has 2 aromatic carbocycles. The van der Waals surface area contributed by atoms with E-state index >= 15 is 0 Å². The summed E-state index contributed by atoms with van der Waals surface area (Å²) >= 11 is 0. The van der Waals surface area contributed by atoms with E-state index in [1.807, 2.05) is 13.0 Å². The summed E-state index contributed by atoms with van der Waals surface area (Å²) < 4.78 is 5.16. The molecular weight excluding hydrogens is 292 g/mol. The van der Waals surface area contributed by atoms with Crippen molar-refractivity contribution < 1.29 is 19.4 Å². The summed E-state index contributed by atoms with van der Waals surface area (Å²) in [6, 6.07) is 11.7. The van der Waals surface area contributed by atoms with Gasteiger partial charge < -0.3 is 9.84 Å². The Labute approximate surface area is 135 Å². The van der Waals surface area contributed by atoms with Crippen molar-refractivity contribution in [1.29, 1.82) is 0 Å². The molecule has 120 valence electrons. The van der Waals surface area contributed by atoms with Gasteiger partial charge in [-0.15, -0.1) is 0 Å². The zero-order valence-electron chi connectivity index (χ0n) is 13.3. The van der Waals surface area contributed by atoms with Crippen molar-refractivity contribution in [3.63, 3.8) is 0 Å². The van der Waals surface area contributed by atoms with Crippen LogP contribution in [0.15, 0.2) is 42.5 Å². The fourth-order valence-corrected chi connectivity index (χ4v) is 2.33. The van der Waals surface area contributed by atoms with Gasteiger partial charge in [0, 0.05) is 11.1 Å². The molecule has 4 heteroatoms. The fourth-order valence-electron chi connectivity index (χ4n) is 2.33. The highest BCUT2D eigenvalue weighted by Gasteiger charge is 2.21. The topological polar surface area (TPSA) is 63.6 Å². The lowest BCUT2D eigenvalue weighted by Gasteiger charge is -2.12. The summed E-state index contributed by atoms with van der Waals surface area (Å²) in [7, 11) is 0. The number of carbonyl (C=O) groups excluding carboxylic acids is 2. The van der Waals surface area contributed by atoms with Crippen LogP contribution in [0.1, 0.15) is 51.6 Å². The lowest BCUT2D eigenvalue weighted by atomic mass is 9.95. The van der Waals surface area contributed by atoms with E-state index in [0.717, 1.165) is 12.8 Å². The second kappa shape index (κ2) is 7.58. The maximum Gasteiger partial charge on any atom is 0.342 e. The quantitative estimate of drug-likeness (QED) is 0.499. The molecule has 2 rings (SSSR count). The van der Waals surface area contributed by atoms with E-state index in [2.05, 4.69) is 0 Å². The summed E-state index contributed by atoms with van der Waals surface area (Å²) in [5.74, 6) is -0.963. The Bertz CT molecular complexity index is 705. The largest absolute Gasteiger partial charge is 0.507 e. The van der Waals surface area contributed by atoms with Crippen LogP contribution in [0, 0.1) is 6.92 Å². The van der Waals surface area contributed by atoms with Crippen LogP contribution in [0.4, 0.5) is 0 Å². The highest BCUT2D eigenvalue weighted by Crippen LogP contribution is 2.26. The molecule has 0 amide bonds. The SMILES string of the molecule is CCCCOC(=O)c1c(O)ccc(C(=O)c2ccccc2)c1C. The maximum absolute atomic E-state index is 12.6.